The zero-order chi connectivity index (χ0) is 15.8. The number of hydrogen-bond acceptors (Lipinski definition) is 4. The lowest BCUT2D eigenvalue weighted by atomic mass is 10.3. The molecule has 22 heavy (non-hydrogen) atoms. The number of benzene rings is 1. The van der Waals surface area contributed by atoms with Crippen LogP contribution in [0.4, 0.5) is 16.2 Å². The summed E-state index contributed by atoms with van der Waals surface area (Å²) in [6.07, 6.45) is 1.47. The van der Waals surface area contributed by atoms with Gasteiger partial charge in [-0.15, -0.1) is 0 Å². The van der Waals surface area contributed by atoms with Crippen LogP contribution in [0, 0.1) is 0 Å². The average Bonchev–Trinajstić information content (AvgIpc) is 2.55. The third-order valence-electron chi connectivity index (χ3n) is 2.67. The molecule has 0 saturated carbocycles. The highest BCUT2D eigenvalue weighted by Crippen LogP contribution is 2.10. The van der Waals surface area contributed by atoms with Gasteiger partial charge in [-0.3, -0.25) is 4.79 Å². The van der Waals surface area contributed by atoms with Crippen molar-refractivity contribution in [3.05, 3.63) is 48.7 Å². The highest BCUT2D eigenvalue weighted by atomic mass is 16.5. The maximum absolute atomic E-state index is 11.7. The van der Waals surface area contributed by atoms with Gasteiger partial charge in [0.25, 0.3) is 0 Å². The molecule has 1 aromatic heterocycles. The van der Waals surface area contributed by atoms with Crippen molar-refractivity contribution in [2.45, 2.75) is 0 Å². The largest absolute Gasteiger partial charge is 0.481 e. The third-order valence-corrected chi connectivity index (χ3v) is 2.67. The lowest BCUT2D eigenvalue weighted by molar-refractivity contribution is -0.115. The molecule has 0 aliphatic rings. The van der Waals surface area contributed by atoms with Gasteiger partial charge in [0.1, 0.15) is 0 Å². The number of carbonyl (C=O) groups is 2. The predicted molar refractivity (Wildman–Crippen MR) is 82.9 cm³/mol. The van der Waals surface area contributed by atoms with Gasteiger partial charge in [-0.1, -0.05) is 18.2 Å². The number of nitrogens with zero attached hydrogens (tertiary/aromatic N) is 1. The van der Waals surface area contributed by atoms with Gasteiger partial charge in [0.15, 0.2) is 0 Å². The minimum atomic E-state index is -0.450. The van der Waals surface area contributed by atoms with Gasteiger partial charge in [0.05, 0.1) is 25.5 Å². The van der Waals surface area contributed by atoms with Gasteiger partial charge in [0.2, 0.25) is 11.8 Å². The summed E-state index contributed by atoms with van der Waals surface area (Å²) < 4.78 is 4.92. The van der Waals surface area contributed by atoms with E-state index in [1.807, 2.05) is 6.07 Å². The minimum absolute atomic E-state index is 0.148. The molecule has 0 aliphatic carbocycles. The summed E-state index contributed by atoms with van der Waals surface area (Å²) in [6.45, 7) is -0.148. The second-order valence-corrected chi connectivity index (χ2v) is 4.31. The zero-order valence-corrected chi connectivity index (χ0v) is 12.0. The lowest BCUT2D eigenvalue weighted by Gasteiger charge is -2.08. The molecule has 0 fully saturated rings. The summed E-state index contributed by atoms with van der Waals surface area (Å²) in [5.41, 5.74) is 1.18. The first-order chi connectivity index (χ1) is 10.7. The van der Waals surface area contributed by atoms with Crippen molar-refractivity contribution in [3.63, 3.8) is 0 Å². The molecule has 2 aromatic rings. The number of amides is 3. The van der Waals surface area contributed by atoms with E-state index < -0.39 is 6.03 Å². The summed E-state index contributed by atoms with van der Waals surface area (Å²) in [5, 5.41) is 7.70. The van der Waals surface area contributed by atoms with E-state index in [4.69, 9.17) is 4.74 Å². The SMILES string of the molecule is COc1ccc(NC(=O)CNC(=O)Nc2ccccc2)cn1. The van der Waals surface area contributed by atoms with Crippen LogP contribution in [0.1, 0.15) is 0 Å². The number of nitrogens with one attached hydrogen (secondary N) is 3. The number of anilines is 2. The maximum Gasteiger partial charge on any atom is 0.319 e. The van der Waals surface area contributed by atoms with Crippen molar-refractivity contribution in [2.24, 2.45) is 0 Å². The molecule has 1 heterocycles. The number of hydrogen-bond donors (Lipinski definition) is 3. The Bertz CT molecular complexity index is 629. The van der Waals surface area contributed by atoms with Gasteiger partial charge in [-0.25, -0.2) is 9.78 Å². The van der Waals surface area contributed by atoms with E-state index >= 15 is 0 Å². The van der Waals surface area contributed by atoms with Crippen LogP contribution in [0.25, 0.3) is 0 Å². The molecule has 0 saturated heterocycles. The molecule has 1 aromatic carbocycles. The van der Waals surface area contributed by atoms with E-state index in [1.165, 1.54) is 13.3 Å². The second-order valence-electron chi connectivity index (χ2n) is 4.31. The Morgan fingerprint density at radius 1 is 1.05 bits per heavy atom. The quantitative estimate of drug-likeness (QED) is 0.785. The van der Waals surface area contributed by atoms with E-state index in [0.29, 0.717) is 17.3 Å². The average molecular weight is 300 g/mol. The van der Waals surface area contributed by atoms with Crippen LogP contribution < -0.4 is 20.7 Å². The zero-order valence-electron chi connectivity index (χ0n) is 12.0. The van der Waals surface area contributed by atoms with Crippen LogP contribution in [0.2, 0.25) is 0 Å². The first-order valence-corrected chi connectivity index (χ1v) is 6.57. The number of rotatable bonds is 5. The molecular weight excluding hydrogens is 284 g/mol. The van der Waals surface area contributed by atoms with Gasteiger partial charge < -0.3 is 20.7 Å². The van der Waals surface area contributed by atoms with Crippen molar-refractivity contribution in [1.82, 2.24) is 10.3 Å². The first kappa shape index (κ1) is 15.3. The first-order valence-electron chi connectivity index (χ1n) is 6.57. The summed E-state index contributed by atoms with van der Waals surface area (Å²) in [5.74, 6) is 0.105. The van der Waals surface area contributed by atoms with Crippen LogP contribution in [-0.4, -0.2) is 30.6 Å². The van der Waals surface area contributed by atoms with Crippen LogP contribution in [-0.2, 0) is 4.79 Å². The highest BCUT2D eigenvalue weighted by Gasteiger charge is 2.06. The van der Waals surface area contributed by atoms with Crippen LogP contribution in [0.5, 0.6) is 5.88 Å². The molecule has 0 bridgehead atoms. The van der Waals surface area contributed by atoms with E-state index in [1.54, 1.807) is 36.4 Å². The second kappa shape index (κ2) is 7.63. The molecule has 7 nitrogen and oxygen atoms in total. The Kier molecular flexibility index (Phi) is 5.31. The molecule has 114 valence electrons. The van der Waals surface area contributed by atoms with Gasteiger partial charge in [-0.2, -0.15) is 0 Å². The molecule has 0 radical (unpaired) electrons. The van der Waals surface area contributed by atoms with E-state index in [-0.39, 0.29) is 12.5 Å². The molecule has 3 N–H and O–H groups in total. The van der Waals surface area contributed by atoms with Crippen molar-refractivity contribution in [2.75, 3.05) is 24.3 Å². The van der Waals surface area contributed by atoms with Gasteiger partial charge >= 0.3 is 6.03 Å². The fourth-order valence-corrected chi connectivity index (χ4v) is 1.64. The molecule has 2 rings (SSSR count). The van der Waals surface area contributed by atoms with Crippen LogP contribution in [0.3, 0.4) is 0 Å². The fourth-order valence-electron chi connectivity index (χ4n) is 1.64. The monoisotopic (exact) mass is 300 g/mol. The summed E-state index contributed by atoms with van der Waals surface area (Å²) in [4.78, 5) is 27.3. The summed E-state index contributed by atoms with van der Waals surface area (Å²) in [6, 6.07) is 11.8. The fraction of sp³-hybridized carbons (Fsp3) is 0.133. The molecule has 0 spiro atoms. The van der Waals surface area contributed by atoms with E-state index in [0.717, 1.165) is 0 Å². The number of ether oxygens (including phenoxy) is 1. The smallest absolute Gasteiger partial charge is 0.319 e. The third kappa shape index (κ3) is 4.78. The number of methoxy groups -OCH3 is 1. The van der Waals surface area contributed by atoms with E-state index in [9.17, 15) is 9.59 Å². The molecule has 3 amide bonds. The number of para-hydroxylation sites is 1. The van der Waals surface area contributed by atoms with Crippen molar-refractivity contribution >= 4 is 23.3 Å². The summed E-state index contributed by atoms with van der Waals surface area (Å²) >= 11 is 0. The van der Waals surface area contributed by atoms with Crippen molar-refractivity contribution < 1.29 is 14.3 Å². The van der Waals surface area contributed by atoms with Crippen LogP contribution >= 0.6 is 0 Å². The Balaban J connectivity index is 1.76. The molecule has 0 atom stereocenters. The molecule has 0 unspecified atom stereocenters. The number of carbonyl (C=O) groups excluding carboxylic acids is 2. The lowest BCUT2D eigenvalue weighted by Crippen LogP contribution is -2.35. The minimum Gasteiger partial charge on any atom is -0.481 e. The van der Waals surface area contributed by atoms with E-state index in [2.05, 4.69) is 20.9 Å². The molecular formula is C15H16N4O3. The Morgan fingerprint density at radius 3 is 2.45 bits per heavy atom. The van der Waals surface area contributed by atoms with Crippen LogP contribution in [0.15, 0.2) is 48.7 Å². The number of aromatic nitrogens is 1. The molecule has 7 heteroatoms. The predicted octanol–water partition coefficient (Wildman–Crippen LogP) is 1.85. The number of urea groups is 1. The Labute approximate surface area is 127 Å². The van der Waals surface area contributed by atoms with Gasteiger partial charge in [-0.05, 0) is 18.2 Å². The Morgan fingerprint density at radius 2 is 1.82 bits per heavy atom. The van der Waals surface area contributed by atoms with Gasteiger partial charge in [0, 0.05) is 11.8 Å². The maximum atomic E-state index is 11.7. The van der Waals surface area contributed by atoms with Crippen molar-refractivity contribution in [3.8, 4) is 5.88 Å². The summed E-state index contributed by atoms with van der Waals surface area (Å²) in [7, 11) is 1.51. The Hall–Kier alpha value is -3.09. The standard InChI is InChI=1S/C15H16N4O3/c1-22-14-8-7-12(9-16-14)18-13(20)10-17-15(21)19-11-5-3-2-4-6-11/h2-9H,10H2,1H3,(H,18,20)(H2,17,19,21). The molecule has 0 aliphatic heterocycles. The van der Waals surface area contributed by atoms with Crippen molar-refractivity contribution in [1.29, 1.82) is 0 Å². The number of pyridine rings is 1. The highest BCUT2D eigenvalue weighted by molar-refractivity contribution is 5.96. The normalized spacial score (nSPS) is 9.68. The topological polar surface area (TPSA) is 92.4 Å².